The Kier molecular flexibility index (Phi) is 4.81. The van der Waals surface area contributed by atoms with Gasteiger partial charge in [0.2, 0.25) is 0 Å². The van der Waals surface area contributed by atoms with Crippen LogP contribution < -0.4 is 14.8 Å². The number of benzene rings is 1. The maximum atomic E-state index is 12.0. The lowest BCUT2D eigenvalue weighted by atomic mass is 10.3. The second-order valence-electron chi connectivity index (χ2n) is 4.97. The highest BCUT2D eigenvalue weighted by atomic mass is 16.5. The molecule has 2 heterocycles. The van der Waals surface area contributed by atoms with Gasteiger partial charge in [0.25, 0.3) is 5.91 Å². The Bertz CT molecular complexity index is 779. The summed E-state index contributed by atoms with van der Waals surface area (Å²) >= 11 is 0. The lowest BCUT2D eigenvalue weighted by Gasteiger charge is -2.09. The normalized spacial score (nSPS) is 10.4. The van der Waals surface area contributed by atoms with E-state index in [0.29, 0.717) is 18.1 Å². The minimum absolute atomic E-state index is 0.0989. The fourth-order valence-electron chi connectivity index (χ4n) is 2.11. The average Bonchev–Trinajstić information content (AvgIpc) is 3.26. The summed E-state index contributed by atoms with van der Waals surface area (Å²) in [4.78, 5) is 12.0. The van der Waals surface area contributed by atoms with Crippen molar-refractivity contribution in [1.29, 1.82) is 0 Å². The maximum Gasteiger partial charge on any atom is 0.263 e. The van der Waals surface area contributed by atoms with Crippen LogP contribution >= 0.6 is 0 Å². The molecule has 0 radical (unpaired) electrons. The average molecular weight is 327 g/mol. The minimum Gasteiger partial charge on any atom is -0.497 e. The molecule has 124 valence electrons. The van der Waals surface area contributed by atoms with Crippen molar-refractivity contribution in [2.75, 3.05) is 19.0 Å². The SMILES string of the molecule is COc1ccc(OCC(=O)Nc2ccnn2Cc2ccco2)cc1. The van der Waals surface area contributed by atoms with Crippen molar-refractivity contribution in [2.45, 2.75) is 6.54 Å². The van der Waals surface area contributed by atoms with Crippen molar-refractivity contribution in [3.8, 4) is 11.5 Å². The van der Waals surface area contributed by atoms with E-state index in [4.69, 9.17) is 13.9 Å². The molecule has 3 rings (SSSR count). The van der Waals surface area contributed by atoms with Crippen molar-refractivity contribution in [2.24, 2.45) is 0 Å². The number of anilines is 1. The van der Waals surface area contributed by atoms with Crippen molar-refractivity contribution >= 4 is 11.7 Å². The zero-order valence-corrected chi connectivity index (χ0v) is 13.1. The molecule has 0 unspecified atom stereocenters. The lowest BCUT2D eigenvalue weighted by Crippen LogP contribution is -2.22. The number of carbonyl (C=O) groups is 1. The molecule has 1 N–H and O–H groups in total. The van der Waals surface area contributed by atoms with Crippen LogP contribution in [0.5, 0.6) is 11.5 Å². The van der Waals surface area contributed by atoms with E-state index in [1.807, 2.05) is 6.07 Å². The minimum atomic E-state index is -0.271. The predicted molar refractivity (Wildman–Crippen MR) is 87.2 cm³/mol. The third kappa shape index (κ3) is 3.95. The van der Waals surface area contributed by atoms with E-state index in [9.17, 15) is 4.79 Å². The first-order valence-corrected chi connectivity index (χ1v) is 7.35. The number of ether oxygens (including phenoxy) is 2. The molecular formula is C17H17N3O4. The van der Waals surface area contributed by atoms with E-state index in [1.165, 1.54) is 0 Å². The standard InChI is InChI=1S/C17H17N3O4/c1-22-13-4-6-14(7-5-13)24-12-17(21)19-16-8-9-18-20(16)11-15-3-2-10-23-15/h2-10H,11-12H2,1H3,(H,19,21). The molecule has 7 nitrogen and oxygen atoms in total. The van der Waals surface area contributed by atoms with Gasteiger partial charge in [0, 0.05) is 6.07 Å². The molecule has 1 amide bonds. The van der Waals surface area contributed by atoms with Gasteiger partial charge in [-0.25, -0.2) is 4.68 Å². The lowest BCUT2D eigenvalue weighted by molar-refractivity contribution is -0.118. The molecule has 3 aromatic rings. The monoisotopic (exact) mass is 327 g/mol. The first-order valence-electron chi connectivity index (χ1n) is 7.35. The Labute approximate surface area is 138 Å². The third-order valence-electron chi connectivity index (χ3n) is 3.30. The molecule has 0 spiro atoms. The van der Waals surface area contributed by atoms with Crippen LogP contribution in [0.25, 0.3) is 0 Å². The summed E-state index contributed by atoms with van der Waals surface area (Å²) in [5.74, 6) is 2.38. The summed E-state index contributed by atoms with van der Waals surface area (Å²) in [6.07, 6.45) is 3.21. The highest BCUT2D eigenvalue weighted by Crippen LogP contribution is 2.17. The Balaban J connectivity index is 1.54. The Hall–Kier alpha value is -3.22. The molecule has 0 saturated heterocycles. The van der Waals surface area contributed by atoms with Gasteiger partial charge in [-0.3, -0.25) is 4.79 Å². The molecule has 0 saturated carbocycles. The van der Waals surface area contributed by atoms with Gasteiger partial charge in [0.15, 0.2) is 6.61 Å². The number of hydrogen-bond donors (Lipinski definition) is 1. The van der Waals surface area contributed by atoms with Crippen LogP contribution in [-0.2, 0) is 11.3 Å². The topological polar surface area (TPSA) is 78.5 Å². The van der Waals surface area contributed by atoms with Crippen LogP contribution in [-0.4, -0.2) is 29.4 Å². The largest absolute Gasteiger partial charge is 0.497 e. The first kappa shape index (κ1) is 15.7. The van der Waals surface area contributed by atoms with E-state index < -0.39 is 0 Å². The summed E-state index contributed by atoms with van der Waals surface area (Å²) in [5, 5.41) is 6.93. The predicted octanol–water partition coefficient (Wildman–Crippen LogP) is 2.55. The van der Waals surface area contributed by atoms with E-state index in [0.717, 1.165) is 11.5 Å². The molecule has 0 fully saturated rings. The number of aromatic nitrogens is 2. The number of hydrogen-bond acceptors (Lipinski definition) is 5. The van der Waals surface area contributed by atoms with Gasteiger partial charge in [-0.05, 0) is 36.4 Å². The zero-order chi connectivity index (χ0) is 16.8. The number of carbonyl (C=O) groups excluding carboxylic acids is 1. The second-order valence-corrected chi connectivity index (χ2v) is 4.97. The Morgan fingerprint density at radius 3 is 2.71 bits per heavy atom. The fraction of sp³-hybridized carbons (Fsp3) is 0.176. The Morgan fingerprint density at radius 1 is 1.21 bits per heavy atom. The third-order valence-corrected chi connectivity index (χ3v) is 3.30. The number of amides is 1. The summed E-state index contributed by atoms with van der Waals surface area (Å²) in [6, 6.07) is 12.4. The molecule has 0 aliphatic rings. The van der Waals surface area contributed by atoms with Crippen molar-refractivity contribution in [3.63, 3.8) is 0 Å². The van der Waals surface area contributed by atoms with Crippen LogP contribution in [0.2, 0.25) is 0 Å². The summed E-state index contributed by atoms with van der Waals surface area (Å²) in [5.41, 5.74) is 0. The molecule has 7 heteroatoms. The van der Waals surface area contributed by atoms with Crippen molar-refractivity contribution in [1.82, 2.24) is 9.78 Å². The molecule has 1 aromatic carbocycles. The van der Waals surface area contributed by atoms with Gasteiger partial charge in [0.05, 0.1) is 19.6 Å². The van der Waals surface area contributed by atoms with Crippen LogP contribution in [0.3, 0.4) is 0 Å². The molecule has 2 aromatic heterocycles. The second kappa shape index (κ2) is 7.36. The number of nitrogens with zero attached hydrogens (tertiary/aromatic N) is 2. The van der Waals surface area contributed by atoms with Crippen LogP contribution in [0.4, 0.5) is 5.82 Å². The molecule has 24 heavy (non-hydrogen) atoms. The Morgan fingerprint density at radius 2 is 2.00 bits per heavy atom. The molecule has 0 aliphatic carbocycles. The highest BCUT2D eigenvalue weighted by molar-refractivity contribution is 5.91. The first-order chi connectivity index (χ1) is 11.7. The molecule has 0 atom stereocenters. The van der Waals surface area contributed by atoms with Gasteiger partial charge in [-0.2, -0.15) is 5.10 Å². The van der Waals surface area contributed by atoms with Crippen LogP contribution in [0.1, 0.15) is 5.76 Å². The van der Waals surface area contributed by atoms with Gasteiger partial charge in [0.1, 0.15) is 29.6 Å². The van der Waals surface area contributed by atoms with Gasteiger partial charge >= 0.3 is 0 Å². The number of rotatable bonds is 7. The van der Waals surface area contributed by atoms with E-state index in [-0.39, 0.29) is 12.5 Å². The summed E-state index contributed by atoms with van der Waals surface area (Å²) in [7, 11) is 1.59. The van der Waals surface area contributed by atoms with E-state index in [1.54, 1.807) is 60.6 Å². The molecule has 0 aliphatic heterocycles. The van der Waals surface area contributed by atoms with E-state index in [2.05, 4.69) is 10.4 Å². The van der Waals surface area contributed by atoms with E-state index >= 15 is 0 Å². The maximum absolute atomic E-state index is 12.0. The van der Waals surface area contributed by atoms with Gasteiger partial charge < -0.3 is 19.2 Å². The van der Waals surface area contributed by atoms with Gasteiger partial charge in [-0.1, -0.05) is 0 Å². The van der Waals surface area contributed by atoms with Crippen molar-refractivity contribution < 1.29 is 18.7 Å². The smallest absolute Gasteiger partial charge is 0.263 e. The fourth-order valence-corrected chi connectivity index (χ4v) is 2.11. The summed E-state index contributed by atoms with van der Waals surface area (Å²) in [6.45, 7) is 0.340. The number of methoxy groups -OCH3 is 1. The number of furan rings is 1. The molecule has 0 bridgehead atoms. The quantitative estimate of drug-likeness (QED) is 0.721. The summed E-state index contributed by atoms with van der Waals surface area (Å²) < 4.78 is 17.4. The molecular weight excluding hydrogens is 310 g/mol. The van der Waals surface area contributed by atoms with Crippen LogP contribution in [0.15, 0.2) is 59.3 Å². The highest BCUT2D eigenvalue weighted by Gasteiger charge is 2.09. The van der Waals surface area contributed by atoms with Gasteiger partial charge in [-0.15, -0.1) is 0 Å². The number of nitrogens with one attached hydrogen (secondary N) is 1. The zero-order valence-electron chi connectivity index (χ0n) is 13.1. The van der Waals surface area contributed by atoms with Crippen LogP contribution in [0, 0.1) is 0 Å². The van der Waals surface area contributed by atoms with Crippen molar-refractivity contribution in [3.05, 3.63) is 60.7 Å².